The number of fused-ring (bicyclic) bond motifs is 1. The van der Waals surface area contributed by atoms with Crippen LogP contribution in [-0.4, -0.2) is 20.8 Å². The Kier molecular flexibility index (Phi) is 3.63. The number of amides is 1. The molecule has 0 aliphatic rings. The van der Waals surface area contributed by atoms with E-state index < -0.39 is 10.8 Å². The molecule has 4 N–H and O–H groups in total. The number of nitro groups is 1. The Balaban J connectivity index is 1.74. The number of nitrogen functional groups attached to an aromatic ring is 1. The van der Waals surface area contributed by atoms with E-state index in [0.717, 1.165) is 17.1 Å². The number of nitrogens with two attached hydrogens (primary N) is 1. The number of hydrogen-bond donors (Lipinski definition) is 3. The Morgan fingerprint density at radius 3 is 2.83 bits per heavy atom. The highest BCUT2D eigenvalue weighted by Crippen LogP contribution is 2.22. The van der Waals surface area contributed by atoms with Crippen molar-refractivity contribution >= 4 is 28.3 Å². The number of rotatable bonds is 4. The van der Waals surface area contributed by atoms with Gasteiger partial charge in [-0.1, -0.05) is 12.1 Å². The van der Waals surface area contributed by atoms with Crippen LogP contribution in [0.4, 0.5) is 11.4 Å². The monoisotopic (exact) mass is 311 g/mol. The maximum absolute atomic E-state index is 12.1. The lowest BCUT2D eigenvalue weighted by Gasteiger charge is -2.04. The maximum Gasteiger partial charge on any atom is 0.292 e. The quantitative estimate of drug-likeness (QED) is 0.386. The molecule has 8 heteroatoms. The van der Waals surface area contributed by atoms with Gasteiger partial charge in [-0.2, -0.15) is 0 Å². The van der Waals surface area contributed by atoms with Crippen molar-refractivity contribution in [2.24, 2.45) is 0 Å². The van der Waals surface area contributed by atoms with Crippen molar-refractivity contribution in [1.29, 1.82) is 0 Å². The minimum atomic E-state index is -0.620. The molecule has 0 saturated carbocycles. The van der Waals surface area contributed by atoms with Crippen LogP contribution in [0.25, 0.3) is 11.0 Å². The molecule has 0 bridgehead atoms. The Bertz CT molecular complexity index is 870. The van der Waals surface area contributed by atoms with Crippen LogP contribution < -0.4 is 11.1 Å². The molecule has 23 heavy (non-hydrogen) atoms. The van der Waals surface area contributed by atoms with Crippen molar-refractivity contribution < 1.29 is 9.72 Å². The van der Waals surface area contributed by atoms with Gasteiger partial charge in [-0.15, -0.1) is 0 Å². The molecule has 0 radical (unpaired) electrons. The van der Waals surface area contributed by atoms with Crippen molar-refractivity contribution in [1.82, 2.24) is 15.3 Å². The number of benzene rings is 2. The molecular weight excluding hydrogens is 298 g/mol. The molecule has 0 aliphatic heterocycles. The van der Waals surface area contributed by atoms with Gasteiger partial charge >= 0.3 is 0 Å². The zero-order chi connectivity index (χ0) is 16.4. The predicted octanol–water partition coefficient (Wildman–Crippen LogP) is 1.98. The summed E-state index contributed by atoms with van der Waals surface area (Å²) in [5.74, 6) is 0.165. The fourth-order valence-corrected chi connectivity index (χ4v) is 2.20. The van der Waals surface area contributed by atoms with E-state index in [9.17, 15) is 14.9 Å². The van der Waals surface area contributed by atoms with E-state index in [4.69, 9.17) is 5.73 Å². The number of nitrogens with zero attached hydrogens (tertiary/aromatic N) is 2. The number of nitro benzene ring substituents is 1. The van der Waals surface area contributed by atoms with Crippen LogP contribution in [0.5, 0.6) is 0 Å². The van der Waals surface area contributed by atoms with Gasteiger partial charge in [-0.3, -0.25) is 14.9 Å². The fraction of sp³-hybridized carbons (Fsp3) is 0.0667. The highest BCUT2D eigenvalue weighted by molar-refractivity contribution is 5.95. The van der Waals surface area contributed by atoms with Crippen LogP contribution in [0.2, 0.25) is 0 Å². The van der Waals surface area contributed by atoms with E-state index in [1.807, 2.05) is 24.3 Å². The first kappa shape index (κ1) is 14.5. The first-order valence-corrected chi connectivity index (χ1v) is 6.80. The van der Waals surface area contributed by atoms with E-state index in [1.165, 1.54) is 12.1 Å². The normalized spacial score (nSPS) is 10.6. The minimum absolute atomic E-state index is 0.0174. The summed E-state index contributed by atoms with van der Waals surface area (Å²) in [5, 5.41) is 13.5. The van der Waals surface area contributed by atoms with Crippen LogP contribution in [-0.2, 0) is 6.54 Å². The summed E-state index contributed by atoms with van der Waals surface area (Å²) in [6, 6.07) is 11.4. The van der Waals surface area contributed by atoms with E-state index >= 15 is 0 Å². The molecule has 116 valence electrons. The standard InChI is InChI=1S/C15H13N5O3/c16-10-6-5-9(7-13(10)20(22)23)15(21)17-8-14-18-11-3-1-2-4-12(11)19-14/h1-7H,8,16H2,(H,17,21)(H,18,19). The molecule has 3 rings (SSSR count). The SMILES string of the molecule is Nc1ccc(C(=O)NCc2nc3ccccc3[nH]2)cc1[N+](=O)[O-]. The average molecular weight is 311 g/mol. The highest BCUT2D eigenvalue weighted by Gasteiger charge is 2.15. The van der Waals surface area contributed by atoms with Gasteiger partial charge in [0.25, 0.3) is 11.6 Å². The van der Waals surface area contributed by atoms with E-state index in [-0.39, 0.29) is 23.5 Å². The van der Waals surface area contributed by atoms with Gasteiger partial charge < -0.3 is 16.0 Å². The molecule has 0 saturated heterocycles. The molecule has 2 aromatic carbocycles. The summed E-state index contributed by atoms with van der Waals surface area (Å²) in [6.07, 6.45) is 0. The van der Waals surface area contributed by atoms with Gasteiger partial charge in [0.05, 0.1) is 22.5 Å². The molecule has 0 spiro atoms. The van der Waals surface area contributed by atoms with E-state index in [2.05, 4.69) is 15.3 Å². The third kappa shape index (κ3) is 2.95. The number of imidazole rings is 1. The van der Waals surface area contributed by atoms with Crippen molar-refractivity contribution in [3.8, 4) is 0 Å². The summed E-state index contributed by atoms with van der Waals surface area (Å²) in [4.78, 5) is 29.8. The van der Waals surface area contributed by atoms with Gasteiger partial charge in [-0.05, 0) is 24.3 Å². The van der Waals surface area contributed by atoms with Crippen molar-refractivity contribution in [2.45, 2.75) is 6.54 Å². The first-order chi connectivity index (χ1) is 11.0. The van der Waals surface area contributed by atoms with Crippen molar-refractivity contribution in [2.75, 3.05) is 5.73 Å². The summed E-state index contributed by atoms with van der Waals surface area (Å²) in [5.41, 5.74) is 7.09. The number of nitrogens with one attached hydrogen (secondary N) is 2. The molecule has 1 aromatic heterocycles. The number of aromatic nitrogens is 2. The molecular formula is C15H13N5O3. The lowest BCUT2D eigenvalue weighted by molar-refractivity contribution is -0.383. The van der Waals surface area contributed by atoms with Crippen molar-refractivity contribution in [3.05, 3.63) is 64.0 Å². The van der Waals surface area contributed by atoms with Crippen LogP contribution in [0.1, 0.15) is 16.2 Å². The molecule has 1 heterocycles. The topological polar surface area (TPSA) is 127 Å². The molecule has 0 fully saturated rings. The van der Waals surface area contributed by atoms with E-state index in [1.54, 1.807) is 0 Å². The lowest BCUT2D eigenvalue weighted by Crippen LogP contribution is -2.23. The minimum Gasteiger partial charge on any atom is -0.393 e. The van der Waals surface area contributed by atoms with Crippen LogP contribution in [0.15, 0.2) is 42.5 Å². The molecule has 0 unspecified atom stereocenters. The second kappa shape index (κ2) is 5.76. The maximum atomic E-state index is 12.1. The number of anilines is 1. The van der Waals surface area contributed by atoms with Crippen LogP contribution in [0, 0.1) is 10.1 Å². The lowest BCUT2D eigenvalue weighted by atomic mass is 10.1. The molecule has 0 aliphatic carbocycles. The summed E-state index contributed by atoms with van der Waals surface area (Å²) < 4.78 is 0. The first-order valence-electron chi connectivity index (χ1n) is 6.80. The number of carbonyl (C=O) groups is 1. The Morgan fingerprint density at radius 2 is 2.09 bits per heavy atom. The number of hydrogen-bond acceptors (Lipinski definition) is 5. The summed E-state index contributed by atoms with van der Waals surface area (Å²) in [6.45, 7) is 0.186. The van der Waals surface area contributed by atoms with Gasteiger partial charge in [0.1, 0.15) is 11.5 Å². The van der Waals surface area contributed by atoms with Crippen LogP contribution in [0.3, 0.4) is 0 Å². The number of aromatic amines is 1. The fourth-order valence-electron chi connectivity index (χ4n) is 2.20. The van der Waals surface area contributed by atoms with Crippen LogP contribution >= 0.6 is 0 Å². The molecule has 8 nitrogen and oxygen atoms in total. The second-order valence-corrected chi connectivity index (χ2v) is 4.91. The molecule has 0 atom stereocenters. The van der Waals surface area contributed by atoms with Gasteiger partial charge in [-0.25, -0.2) is 4.98 Å². The Morgan fingerprint density at radius 1 is 1.30 bits per heavy atom. The molecule has 1 amide bonds. The second-order valence-electron chi connectivity index (χ2n) is 4.91. The van der Waals surface area contributed by atoms with Crippen molar-refractivity contribution in [3.63, 3.8) is 0 Å². The summed E-state index contributed by atoms with van der Waals surface area (Å²) >= 11 is 0. The van der Waals surface area contributed by atoms with Gasteiger partial charge in [0, 0.05) is 11.6 Å². The van der Waals surface area contributed by atoms with E-state index in [0.29, 0.717) is 5.82 Å². The highest BCUT2D eigenvalue weighted by atomic mass is 16.6. The summed E-state index contributed by atoms with van der Waals surface area (Å²) in [7, 11) is 0. The van der Waals surface area contributed by atoms with Gasteiger partial charge in [0.15, 0.2) is 0 Å². The largest absolute Gasteiger partial charge is 0.393 e. The number of H-pyrrole nitrogens is 1. The zero-order valence-corrected chi connectivity index (χ0v) is 11.9. The third-order valence-electron chi connectivity index (χ3n) is 3.34. The van der Waals surface area contributed by atoms with Gasteiger partial charge in [0.2, 0.25) is 0 Å². The number of carbonyl (C=O) groups excluding carboxylic acids is 1. The number of para-hydroxylation sites is 2. The Labute approximate surface area is 130 Å². The third-order valence-corrected chi connectivity index (χ3v) is 3.34. The average Bonchev–Trinajstić information content (AvgIpc) is 2.95. The zero-order valence-electron chi connectivity index (χ0n) is 11.9. The molecule has 3 aromatic rings. The smallest absolute Gasteiger partial charge is 0.292 e. The predicted molar refractivity (Wildman–Crippen MR) is 84.8 cm³/mol. The Hall–Kier alpha value is -3.42.